The number of nitrogens with one attached hydrogen (secondary N) is 3. The van der Waals surface area contributed by atoms with Crippen LogP contribution in [-0.4, -0.2) is 75.8 Å². The van der Waals surface area contributed by atoms with Gasteiger partial charge in [0.1, 0.15) is 12.1 Å². The topological polar surface area (TPSA) is 208 Å². The lowest BCUT2D eigenvalue weighted by Gasteiger charge is -2.25. The molecule has 0 radical (unpaired) electrons. The molecule has 29 heavy (non-hydrogen) atoms. The fraction of sp³-hybridized carbons (Fsp3) is 0.706. The Morgan fingerprint density at radius 2 is 1.45 bits per heavy atom. The van der Waals surface area contributed by atoms with E-state index in [1.54, 1.807) is 0 Å². The van der Waals surface area contributed by atoms with Gasteiger partial charge < -0.3 is 37.0 Å². The number of nitrogens with two attached hydrogens (primary N) is 1. The van der Waals surface area contributed by atoms with Gasteiger partial charge in [0.2, 0.25) is 17.7 Å². The van der Waals surface area contributed by atoms with Crippen LogP contribution in [0.3, 0.4) is 0 Å². The predicted molar refractivity (Wildman–Crippen MR) is 100 cm³/mol. The van der Waals surface area contributed by atoms with Crippen LogP contribution in [0.1, 0.15) is 40.0 Å². The molecule has 0 aromatic rings. The lowest BCUT2D eigenvalue weighted by molar-refractivity contribution is -0.145. The smallest absolute Gasteiger partial charge is 0.328 e. The van der Waals surface area contributed by atoms with Crippen LogP contribution in [0.4, 0.5) is 0 Å². The third kappa shape index (κ3) is 10.4. The molecule has 0 aromatic heterocycles. The van der Waals surface area contributed by atoms with Crippen molar-refractivity contribution in [3.63, 3.8) is 0 Å². The van der Waals surface area contributed by atoms with Gasteiger partial charge in [-0.2, -0.15) is 0 Å². The van der Waals surface area contributed by atoms with Crippen LogP contribution in [0, 0.1) is 5.92 Å². The molecule has 12 heteroatoms. The normalized spacial score (nSPS) is 15.0. The predicted octanol–water partition coefficient (Wildman–Crippen LogP) is -2.22. The standard InChI is InChI=1S/C17H30N4O8/c1-8(2)6-11(19-12(23)7-18)16(27)20-10(4-5-13(24)25)15(26)21-14(9(3)22)17(28)29/h8-11,14,22H,4-7,18H2,1-3H3,(H,19,23)(H,20,27)(H,21,26)(H,24,25)(H,28,29). The fourth-order valence-corrected chi connectivity index (χ4v) is 2.41. The molecule has 0 saturated heterocycles. The van der Waals surface area contributed by atoms with Crippen LogP contribution in [0.25, 0.3) is 0 Å². The lowest BCUT2D eigenvalue weighted by Crippen LogP contribution is -2.57. The number of aliphatic carboxylic acids is 2. The molecule has 3 amide bonds. The van der Waals surface area contributed by atoms with Crippen molar-refractivity contribution in [1.82, 2.24) is 16.0 Å². The van der Waals surface area contributed by atoms with E-state index in [0.29, 0.717) is 0 Å². The summed E-state index contributed by atoms with van der Waals surface area (Å²) in [6, 6.07) is -4.04. The number of carbonyl (C=O) groups excluding carboxylic acids is 3. The highest BCUT2D eigenvalue weighted by molar-refractivity contribution is 5.93. The molecule has 166 valence electrons. The molecule has 4 atom stereocenters. The van der Waals surface area contributed by atoms with Crippen molar-refractivity contribution >= 4 is 29.7 Å². The van der Waals surface area contributed by atoms with E-state index in [-0.39, 0.29) is 25.3 Å². The zero-order chi connectivity index (χ0) is 22.7. The number of aliphatic hydroxyl groups excluding tert-OH is 1. The zero-order valence-electron chi connectivity index (χ0n) is 16.7. The summed E-state index contributed by atoms with van der Waals surface area (Å²) in [5.41, 5.74) is 5.24. The number of aliphatic hydroxyl groups is 1. The maximum Gasteiger partial charge on any atom is 0.328 e. The van der Waals surface area contributed by atoms with E-state index < -0.39 is 60.3 Å². The van der Waals surface area contributed by atoms with Crippen molar-refractivity contribution in [2.45, 2.75) is 64.3 Å². The largest absolute Gasteiger partial charge is 0.481 e. The van der Waals surface area contributed by atoms with Gasteiger partial charge in [-0.25, -0.2) is 4.79 Å². The maximum absolute atomic E-state index is 12.6. The van der Waals surface area contributed by atoms with Gasteiger partial charge in [0.15, 0.2) is 6.04 Å². The maximum atomic E-state index is 12.6. The number of carbonyl (C=O) groups is 5. The summed E-state index contributed by atoms with van der Waals surface area (Å²) in [6.45, 7) is 4.43. The van der Waals surface area contributed by atoms with Gasteiger partial charge in [0.25, 0.3) is 0 Å². The SMILES string of the molecule is CC(C)CC(NC(=O)CN)C(=O)NC(CCC(=O)O)C(=O)NC(C(=O)O)C(C)O. The van der Waals surface area contributed by atoms with Crippen molar-refractivity contribution in [1.29, 1.82) is 0 Å². The lowest BCUT2D eigenvalue weighted by atomic mass is 10.0. The van der Waals surface area contributed by atoms with Gasteiger partial charge in [0.05, 0.1) is 12.6 Å². The first-order chi connectivity index (χ1) is 13.4. The Bertz CT molecular complexity index is 608. The Morgan fingerprint density at radius 1 is 0.897 bits per heavy atom. The average Bonchev–Trinajstić information content (AvgIpc) is 2.60. The van der Waals surface area contributed by atoms with Crippen molar-refractivity contribution in [2.24, 2.45) is 11.7 Å². The molecular formula is C17H30N4O8. The third-order valence-corrected chi connectivity index (χ3v) is 3.87. The van der Waals surface area contributed by atoms with Crippen molar-refractivity contribution in [2.75, 3.05) is 6.54 Å². The van der Waals surface area contributed by atoms with Crippen molar-refractivity contribution in [3.05, 3.63) is 0 Å². The van der Waals surface area contributed by atoms with Crippen LogP contribution in [0.15, 0.2) is 0 Å². The molecule has 0 bridgehead atoms. The van der Waals surface area contributed by atoms with Crippen molar-refractivity contribution < 1.29 is 39.3 Å². The summed E-state index contributed by atoms with van der Waals surface area (Å²) < 4.78 is 0. The van der Waals surface area contributed by atoms with E-state index >= 15 is 0 Å². The van der Waals surface area contributed by atoms with Crippen LogP contribution in [-0.2, 0) is 24.0 Å². The van der Waals surface area contributed by atoms with Gasteiger partial charge in [-0.3, -0.25) is 19.2 Å². The minimum absolute atomic E-state index is 0.00162. The molecule has 0 heterocycles. The summed E-state index contributed by atoms with van der Waals surface area (Å²) in [4.78, 5) is 58.6. The Kier molecular flexibility index (Phi) is 11.5. The molecule has 0 rings (SSSR count). The second kappa shape index (κ2) is 12.7. The number of hydrogen-bond donors (Lipinski definition) is 7. The molecule has 0 fully saturated rings. The molecule has 0 aliphatic rings. The summed E-state index contributed by atoms with van der Waals surface area (Å²) in [7, 11) is 0. The number of rotatable bonds is 13. The molecule has 8 N–H and O–H groups in total. The van der Waals surface area contributed by atoms with Crippen LogP contribution in [0.2, 0.25) is 0 Å². The molecule has 0 saturated carbocycles. The first-order valence-electron chi connectivity index (χ1n) is 9.11. The number of carboxylic acid groups (broad SMARTS) is 2. The Hall–Kier alpha value is -2.73. The molecule has 0 aromatic carbocycles. The van der Waals surface area contributed by atoms with E-state index in [1.165, 1.54) is 0 Å². The Balaban J connectivity index is 5.42. The van der Waals surface area contributed by atoms with E-state index in [4.69, 9.17) is 15.9 Å². The van der Waals surface area contributed by atoms with Crippen LogP contribution >= 0.6 is 0 Å². The first kappa shape index (κ1) is 26.3. The Labute approximate surface area is 168 Å². The van der Waals surface area contributed by atoms with E-state index in [1.807, 2.05) is 13.8 Å². The molecule has 0 aliphatic carbocycles. The average molecular weight is 418 g/mol. The first-order valence-corrected chi connectivity index (χ1v) is 9.11. The number of amides is 3. The van der Waals surface area contributed by atoms with Gasteiger partial charge in [-0.1, -0.05) is 13.8 Å². The Morgan fingerprint density at radius 3 is 1.86 bits per heavy atom. The fourth-order valence-electron chi connectivity index (χ4n) is 2.41. The molecule has 0 spiro atoms. The van der Waals surface area contributed by atoms with Crippen LogP contribution in [0.5, 0.6) is 0 Å². The molecule has 4 unspecified atom stereocenters. The number of hydrogen-bond acceptors (Lipinski definition) is 7. The van der Waals surface area contributed by atoms with Gasteiger partial charge in [-0.15, -0.1) is 0 Å². The van der Waals surface area contributed by atoms with Gasteiger partial charge in [-0.05, 0) is 25.7 Å². The van der Waals surface area contributed by atoms with E-state index in [2.05, 4.69) is 16.0 Å². The highest BCUT2D eigenvalue weighted by Crippen LogP contribution is 2.07. The molecular weight excluding hydrogens is 388 g/mol. The highest BCUT2D eigenvalue weighted by atomic mass is 16.4. The number of carboxylic acids is 2. The second-order valence-electron chi connectivity index (χ2n) is 7.01. The van der Waals surface area contributed by atoms with Gasteiger partial charge >= 0.3 is 11.9 Å². The quantitative estimate of drug-likeness (QED) is 0.172. The zero-order valence-corrected chi connectivity index (χ0v) is 16.7. The molecule has 0 aliphatic heterocycles. The highest BCUT2D eigenvalue weighted by Gasteiger charge is 2.31. The minimum Gasteiger partial charge on any atom is -0.481 e. The van der Waals surface area contributed by atoms with Gasteiger partial charge in [0, 0.05) is 6.42 Å². The minimum atomic E-state index is -1.64. The van der Waals surface area contributed by atoms with Crippen molar-refractivity contribution in [3.8, 4) is 0 Å². The summed E-state index contributed by atoms with van der Waals surface area (Å²) in [6.07, 6.45) is -1.99. The second-order valence-corrected chi connectivity index (χ2v) is 7.01. The third-order valence-electron chi connectivity index (χ3n) is 3.87. The summed E-state index contributed by atoms with van der Waals surface area (Å²) >= 11 is 0. The van der Waals surface area contributed by atoms with E-state index in [0.717, 1.165) is 6.92 Å². The summed E-state index contributed by atoms with van der Waals surface area (Å²) in [5.74, 6) is -5.02. The van der Waals surface area contributed by atoms with E-state index in [9.17, 15) is 29.1 Å². The van der Waals surface area contributed by atoms with Crippen LogP contribution < -0.4 is 21.7 Å². The monoisotopic (exact) mass is 418 g/mol. The molecule has 12 nitrogen and oxygen atoms in total. The summed E-state index contributed by atoms with van der Waals surface area (Å²) in [5, 5.41) is 34.3.